The summed E-state index contributed by atoms with van der Waals surface area (Å²) in [6, 6.07) is 8.96. The Balaban J connectivity index is 2.66. The van der Waals surface area contributed by atoms with Gasteiger partial charge in [0.25, 0.3) is 5.24 Å². The van der Waals surface area contributed by atoms with Crippen LogP contribution in [0, 0.1) is 5.82 Å². The van der Waals surface area contributed by atoms with Crippen molar-refractivity contribution in [3.8, 4) is 0 Å². The quantitative estimate of drug-likeness (QED) is 0.733. The third-order valence-corrected chi connectivity index (χ3v) is 5.80. The highest BCUT2D eigenvalue weighted by Crippen LogP contribution is 2.36. The third-order valence-electron chi connectivity index (χ3n) is 3.22. The number of carbonyl (C=O) groups excluding carboxylic acids is 1. The Morgan fingerprint density at radius 3 is 2.39 bits per heavy atom. The lowest BCUT2D eigenvalue weighted by atomic mass is 10.1. The van der Waals surface area contributed by atoms with Crippen LogP contribution in [-0.2, 0) is 16.3 Å². The van der Waals surface area contributed by atoms with E-state index < -0.39 is 20.9 Å². The van der Waals surface area contributed by atoms with E-state index in [1.165, 1.54) is 12.1 Å². The monoisotopic (exact) mass is 372 g/mol. The molecule has 122 valence electrons. The first-order valence-corrected chi connectivity index (χ1v) is 9.81. The molecule has 0 aromatic heterocycles. The van der Waals surface area contributed by atoms with E-state index in [-0.39, 0.29) is 10.5 Å². The molecule has 0 aliphatic heterocycles. The Hall–Kier alpha value is -1.37. The van der Waals surface area contributed by atoms with E-state index in [9.17, 15) is 17.6 Å². The largest absolute Gasteiger partial charge is 0.276 e. The average Bonchev–Trinajstić information content (AvgIpc) is 2.47. The molecule has 0 heterocycles. The number of halogens is 2. The number of aryl methyl sites for hydroxylation is 1. The number of benzene rings is 2. The summed E-state index contributed by atoms with van der Waals surface area (Å²) in [5, 5.41) is -0.714. The van der Waals surface area contributed by atoms with Crippen LogP contribution >= 0.6 is 23.4 Å². The Kier molecular flexibility index (Phi) is 5.49. The van der Waals surface area contributed by atoms with Crippen LogP contribution in [0.4, 0.5) is 4.39 Å². The number of sulfone groups is 1. The Bertz CT molecular complexity index is 864. The number of hydrogen-bond acceptors (Lipinski definition) is 4. The molecule has 23 heavy (non-hydrogen) atoms. The van der Waals surface area contributed by atoms with Crippen LogP contribution in [0.1, 0.15) is 22.8 Å². The van der Waals surface area contributed by atoms with Crippen molar-refractivity contribution < 1.29 is 17.6 Å². The van der Waals surface area contributed by atoms with Crippen LogP contribution in [0.15, 0.2) is 51.1 Å². The van der Waals surface area contributed by atoms with Gasteiger partial charge in [-0.2, -0.15) is 0 Å². The molecule has 2 aromatic carbocycles. The van der Waals surface area contributed by atoms with E-state index in [0.717, 1.165) is 18.0 Å². The summed E-state index contributed by atoms with van der Waals surface area (Å²) in [6.45, 7) is 1.83. The first-order valence-electron chi connectivity index (χ1n) is 6.73. The fraction of sp³-hybridized carbons (Fsp3) is 0.188. The molecule has 7 heteroatoms. The van der Waals surface area contributed by atoms with Crippen molar-refractivity contribution in [1.82, 2.24) is 0 Å². The minimum atomic E-state index is -3.60. The van der Waals surface area contributed by atoms with Crippen molar-refractivity contribution in [2.24, 2.45) is 0 Å². The van der Waals surface area contributed by atoms with E-state index in [0.29, 0.717) is 21.8 Å². The second-order valence-electron chi connectivity index (χ2n) is 4.89. The predicted octanol–water partition coefficient (Wildman–Crippen LogP) is 4.32. The van der Waals surface area contributed by atoms with Gasteiger partial charge in [0, 0.05) is 21.6 Å². The fourth-order valence-corrected chi connectivity index (χ4v) is 4.51. The maximum Gasteiger partial charge on any atom is 0.252 e. The summed E-state index contributed by atoms with van der Waals surface area (Å²) < 4.78 is 37.9. The van der Waals surface area contributed by atoms with Crippen molar-refractivity contribution in [2.75, 3.05) is 6.26 Å². The zero-order valence-electron chi connectivity index (χ0n) is 12.5. The minimum absolute atomic E-state index is 0.0352. The summed E-state index contributed by atoms with van der Waals surface area (Å²) in [5.74, 6) is -0.438. The maximum absolute atomic E-state index is 13.8. The van der Waals surface area contributed by atoms with Gasteiger partial charge in [0.05, 0.1) is 4.90 Å². The lowest BCUT2D eigenvalue weighted by Gasteiger charge is -2.13. The van der Waals surface area contributed by atoms with E-state index >= 15 is 0 Å². The van der Waals surface area contributed by atoms with E-state index in [2.05, 4.69) is 0 Å². The molecule has 0 aliphatic carbocycles. The molecule has 0 saturated carbocycles. The summed E-state index contributed by atoms with van der Waals surface area (Å²) in [4.78, 5) is 12.2. The topological polar surface area (TPSA) is 51.2 Å². The Morgan fingerprint density at radius 1 is 1.22 bits per heavy atom. The number of carbonyl (C=O) groups is 1. The third kappa shape index (κ3) is 4.13. The van der Waals surface area contributed by atoms with Gasteiger partial charge in [-0.15, -0.1) is 0 Å². The molecule has 3 nitrogen and oxygen atoms in total. The molecule has 0 spiro atoms. The van der Waals surface area contributed by atoms with Crippen molar-refractivity contribution in [3.05, 3.63) is 53.3 Å². The summed E-state index contributed by atoms with van der Waals surface area (Å²) in [5.41, 5.74) is 0.781. The summed E-state index contributed by atoms with van der Waals surface area (Å²) >= 11 is 6.56. The van der Waals surface area contributed by atoms with E-state index in [1.807, 2.05) is 6.92 Å². The van der Waals surface area contributed by atoms with E-state index in [4.69, 9.17) is 11.6 Å². The second-order valence-corrected chi connectivity index (χ2v) is 8.30. The van der Waals surface area contributed by atoms with Gasteiger partial charge >= 0.3 is 0 Å². The van der Waals surface area contributed by atoms with E-state index in [1.54, 1.807) is 24.3 Å². The van der Waals surface area contributed by atoms with Gasteiger partial charge in [-0.3, -0.25) is 4.79 Å². The van der Waals surface area contributed by atoms with Gasteiger partial charge in [-0.05, 0) is 47.9 Å². The summed E-state index contributed by atoms with van der Waals surface area (Å²) in [7, 11) is -3.60. The first kappa shape index (κ1) is 18.0. The highest BCUT2D eigenvalue weighted by atomic mass is 35.5. The number of rotatable bonds is 5. The highest BCUT2D eigenvalue weighted by Gasteiger charge is 2.20. The highest BCUT2D eigenvalue weighted by molar-refractivity contribution is 8.00. The van der Waals surface area contributed by atoms with Gasteiger partial charge in [-0.25, -0.2) is 12.8 Å². The van der Waals surface area contributed by atoms with Crippen LogP contribution < -0.4 is 0 Å². The van der Waals surface area contributed by atoms with Gasteiger partial charge in [0.1, 0.15) is 5.82 Å². The molecule has 0 N–H and O–H groups in total. The molecular weight excluding hydrogens is 359 g/mol. The molecule has 0 atom stereocenters. The van der Waals surface area contributed by atoms with Crippen molar-refractivity contribution in [2.45, 2.75) is 28.0 Å². The molecule has 0 saturated heterocycles. The predicted molar refractivity (Wildman–Crippen MR) is 89.6 cm³/mol. The van der Waals surface area contributed by atoms with Crippen LogP contribution in [0.25, 0.3) is 0 Å². The molecule has 0 radical (unpaired) electrons. The van der Waals surface area contributed by atoms with Crippen molar-refractivity contribution in [3.63, 3.8) is 0 Å². The molecule has 0 amide bonds. The lowest BCUT2D eigenvalue weighted by molar-refractivity contribution is 0.108. The molecule has 0 fully saturated rings. The molecule has 0 aliphatic rings. The van der Waals surface area contributed by atoms with Crippen LogP contribution in [0.5, 0.6) is 0 Å². The number of hydrogen-bond donors (Lipinski definition) is 0. The zero-order chi connectivity index (χ0) is 17.2. The molecule has 2 aromatic rings. The molecule has 0 bridgehead atoms. The van der Waals surface area contributed by atoms with Gasteiger partial charge in [0.2, 0.25) is 0 Å². The normalized spacial score (nSPS) is 11.5. The molecule has 0 unspecified atom stereocenters. The second kappa shape index (κ2) is 7.03. The summed E-state index contributed by atoms with van der Waals surface area (Å²) in [6.07, 6.45) is 1.55. The van der Waals surface area contributed by atoms with Crippen molar-refractivity contribution in [1.29, 1.82) is 0 Å². The van der Waals surface area contributed by atoms with Gasteiger partial charge in [0.15, 0.2) is 9.84 Å². The fourth-order valence-electron chi connectivity index (χ4n) is 2.09. The molecular formula is C16H14ClFO3S2. The standard InChI is InChI=1S/C16H14ClFO3S2/c1-3-10-8-14(22-13-7-5-4-6-12(13)18)15(23(2,20)21)9-11(10)16(17)19/h4-9H,3H2,1-2H3. The maximum atomic E-state index is 13.8. The van der Waals surface area contributed by atoms with Crippen molar-refractivity contribution >= 4 is 38.4 Å². The molecule has 2 rings (SSSR count). The SMILES string of the molecule is CCc1cc(Sc2ccccc2F)c(S(C)(=O)=O)cc1C(=O)Cl. The van der Waals surface area contributed by atoms with Crippen LogP contribution in [-0.4, -0.2) is 19.9 Å². The smallest absolute Gasteiger partial charge is 0.252 e. The first-order chi connectivity index (χ1) is 10.7. The van der Waals surface area contributed by atoms with Crippen LogP contribution in [0.3, 0.4) is 0 Å². The minimum Gasteiger partial charge on any atom is -0.276 e. The lowest BCUT2D eigenvalue weighted by Crippen LogP contribution is -2.05. The van der Waals surface area contributed by atoms with Gasteiger partial charge in [-0.1, -0.05) is 30.8 Å². The average molecular weight is 373 g/mol. The Labute approximate surface area is 143 Å². The Morgan fingerprint density at radius 2 is 1.87 bits per heavy atom. The van der Waals surface area contributed by atoms with Gasteiger partial charge < -0.3 is 0 Å². The zero-order valence-corrected chi connectivity index (χ0v) is 14.9. The van der Waals surface area contributed by atoms with Crippen LogP contribution in [0.2, 0.25) is 0 Å².